The van der Waals surface area contributed by atoms with Gasteiger partial charge in [-0.3, -0.25) is 0 Å². The lowest BCUT2D eigenvalue weighted by Crippen LogP contribution is -2.09. The molecular weight excluding hydrogens is 292 g/mol. The summed E-state index contributed by atoms with van der Waals surface area (Å²) in [5.74, 6) is 0. The van der Waals surface area contributed by atoms with Crippen LogP contribution >= 0.6 is 38.6 Å². The van der Waals surface area contributed by atoms with Crippen molar-refractivity contribution in [2.75, 3.05) is 13.6 Å². The van der Waals surface area contributed by atoms with Crippen LogP contribution in [0.25, 0.3) is 9.75 Å². The lowest BCUT2D eigenvalue weighted by Gasteiger charge is -1.92. The van der Waals surface area contributed by atoms with E-state index in [4.69, 9.17) is 0 Å². The standard InChI is InChI=1S/C10H11BrN2S2/c1-12-5-4-10-13-6-8(15-10)7-2-3-9(11)14-7/h2-3,6,12H,4-5H2,1H3. The Hall–Kier alpha value is -0.230. The molecule has 0 amide bonds. The van der Waals surface area contributed by atoms with Crippen molar-refractivity contribution in [1.29, 1.82) is 0 Å². The molecule has 2 aromatic rings. The van der Waals surface area contributed by atoms with E-state index < -0.39 is 0 Å². The molecule has 2 aromatic heterocycles. The molecule has 15 heavy (non-hydrogen) atoms. The molecule has 0 saturated heterocycles. The van der Waals surface area contributed by atoms with Crippen molar-refractivity contribution in [3.8, 4) is 9.75 Å². The summed E-state index contributed by atoms with van der Waals surface area (Å²) < 4.78 is 1.17. The number of thiophene rings is 1. The van der Waals surface area contributed by atoms with Crippen molar-refractivity contribution in [3.63, 3.8) is 0 Å². The zero-order chi connectivity index (χ0) is 10.7. The summed E-state index contributed by atoms with van der Waals surface area (Å²) in [6.45, 7) is 0.987. The Morgan fingerprint density at radius 1 is 1.33 bits per heavy atom. The fourth-order valence-electron chi connectivity index (χ4n) is 1.22. The second-order valence-corrected chi connectivity index (χ2v) is 6.65. The van der Waals surface area contributed by atoms with Crippen molar-refractivity contribution in [3.05, 3.63) is 27.1 Å². The molecule has 0 radical (unpaired) electrons. The van der Waals surface area contributed by atoms with Crippen molar-refractivity contribution in [2.24, 2.45) is 0 Å². The number of nitrogens with zero attached hydrogens (tertiary/aromatic N) is 1. The van der Waals surface area contributed by atoms with Crippen molar-refractivity contribution in [1.82, 2.24) is 10.3 Å². The fourth-order valence-corrected chi connectivity index (χ4v) is 3.60. The molecule has 1 N–H and O–H groups in total. The molecule has 2 heterocycles. The summed E-state index contributed by atoms with van der Waals surface area (Å²) in [6.07, 6.45) is 2.97. The minimum absolute atomic E-state index is 0.987. The first-order valence-electron chi connectivity index (χ1n) is 4.64. The van der Waals surface area contributed by atoms with E-state index in [1.807, 2.05) is 13.2 Å². The Morgan fingerprint density at radius 2 is 2.20 bits per heavy atom. The van der Waals surface area contributed by atoms with Gasteiger partial charge in [0.2, 0.25) is 0 Å². The maximum atomic E-state index is 4.41. The molecule has 5 heteroatoms. The third kappa shape index (κ3) is 2.87. The SMILES string of the molecule is CNCCc1ncc(-c2ccc(Br)s2)s1. The van der Waals surface area contributed by atoms with Gasteiger partial charge in [0.25, 0.3) is 0 Å². The quantitative estimate of drug-likeness (QED) is 0.936. The first kappa shape index (κ1) is 11.3. The first-order chi connectivity index (χ1) is 7.29. The van der Waals surface area contributed by atoms with Gasteiger partial charge in [0, 0.05) is 24.0 Å². The second kappa shape index (κ2) is 5.21. The molecule has 0 bridgehead atoms. The van der Waals surface area contributed by atoms with Crippen LogP contribution in [0.15, 0.2) is 22.1 Å². The molecule has 2 nitrogen and oxygen atoms in total. The van der Waals surface area contributed by atoms with E-state index in [0.717, 1.165) is 13.0 Å². The summed E-state index contributed by atoms with van der Waals surface area (Å²) in [5.41, 5.74) is 0. The molecule has 0 unspecified atom stereocenters. The van der Waals surface area contributed by atoms with Crippen LogP contribution in [0.1, 0.15) is 5.01 Å². The Bertz CT molecular complexity index is 436. The molecule has 0 atom stereocenters. The van der Waals surface area contributed by atoms with Gasteiger partial charge in [-0.05, 0) is 35.1 Å². The van der Waals surface area contributed by atoms with Crippen LogP contribution in [-0.2, 0) is 6.42 Å². The summed E-state index contributed by atoms with van der Waals surface area (Å²) in [5, 5.41) is 4.33. The number of rotatable bonds is 4. The maximum Gasteiger partial charge on any atom is 0.0944 e. The Morgan fingerprint density at radius 3 is 2.87 bits per heavy atom. The number of aromatic nitrogens is 1. The molecule has 0 aliphatic carbocycles. The number of thiazole rings is 1. The summed E-state index contributed by atoms with van der Waals surface area (Å²) in [4.78, 5) is 6.96. The maximum absolute atomic E-state index is 4.41. The molecule has 0 saturated carbocycles. The average Bonchev–Trinajstić information content (AvgIpc) is 2.83. The van der Waals surface area contributed by atoms with Gasteiger partial charge < -0.3 is 5.32 Å². The summed E-state index contributed by atoms with van der Waals surface area (Å²) in [7, 11) is 1.96. The largest absolute Gasteiger partial charge is 0.319 e. The van der Waals surface area contributed by atoms with Gasteiger partial charge in [0.1, 0.15) is 0 Å². The van der Waals surface area contributed by atoms with Crippen LogP contribution in [0.3, 0.4) is 0 Å². The van der Waals surface area contributed by atoms with Crippen LogP contribution in [-0.4, -0.2) is 18.6 Å². The van der Waals surface area contributed by atoms with Crippen LogP contribution in [0, 0.1) is 0 Å². The van der Waals surface area contributed by atoms with Crippen molar-refractivity contribution in [2.45, 2.75) is 6.42 Å². The van der Waals surface area contributed by atoms with Crippen LogP contribution in [0.4, 0.5) is 0 Å². The minimum atomic E-state index is 0.987. The molecule has 0 aliphatic heterocycles. The van der Waals surface area contributed by atoms with Crippen molar-refractivity contribution < 1.29 is 0 Å². The van der Waals surface area contributed by atoms with E-state index in [0.29, 0.717) is 0 Å². The van der Waals surface area contributed by atoms with Crippen LogP contribution < -0.4 is 5.32 Å². The number of nitrogens with one attached hydrogen (secondary N) is 1. The van der Waals surface area contributed by atoms with E-state index in [-0.39, 0.29) is 0 Å². The third-order valence-electron chi connectivity index (χ3n) is 1.96. The highest BCUT2D eigenvalue weighted by atomic mass is 79.9. The third-order valence-corrected chi connectivity index (χ3v) is 4.84. The average molecular weight is 303 g/mol. The zero-order valence-corrected chi connectivity index (χ0v) is 11.5. The molecule has 0 aliphatic rings. The highest BCUT2D eigenvalue weighted by molar-refractivity contribution is 9.11. The molecule has 80 valence electrons. The minimum Gasteiger partial charge on any atom is -0.319 e. The Labute approximate surface area is 106 Å². The van der Waals surface area contributed by atoms with E-state index in [2.05, 4.69) is 38.4 Å². The molecule has 0 spiro atoms. The molecular formula is C10H11BrN2S2. The predicted molar refractivity (Wildman–Crippen MR) is 70.8 cm³/mol. The van der Waals surface area contributed by atoms with E-state index >= 15 is 0 Å². The van der Waals surface area contributed by atoms with Gasteiger partial charge in [-0.15, -0.1) is 22.7 Å². The topological polar surface area (TPSA) is 24.9 Å². The smallest absolute Gasteiger partial charge is 0.0944 e. The number of hydrogen-bond acceptors (Lipinski definition) is 4. The van der Waals surface area contributed by atoms with Gasteiger partial charge in [-0.1, -0.05) is 0 Å². The molecule has 2 rings (SSSR count). The summed E-state index contributed by atoms with van der Waals surface area (Å²) in [6, 6.07) is 4.21. The van der Waals surface area contributed by atoms with Crippen molar-refractivity contribution >= 4 is 38.6 Å². The number of hydrogen-bond donors (Lipinski definition) is 1. The van der Waals surface area contributed by atoms with E-state index in [9.17, 15) is 0 Å². The van der Waals surface area contributed by atoms with Crippen LogP contribution in [0.5, 0.6) is 0 Å². The lowest BCUT2D eigenvalue weighted by molar-refractivity contribution is 0.787. The fraction of sp³-hybridized carbons (Fsp3) is 0.300. The normalized spacial score (nSPS) is 10.8. The first-order valence-corrected chi connectivity index (χ1v) is 7.07. The molecule has 0 aromatic carbocycles. The van der Waals surface area contributed by atoms with Gasteiger partial charge in [0.15, 0.2) is 0 Å². The van der Waals surface area contributed by atoms with E-state index in [1.54, 1.807) is 22.7 Å². The summed E-state index contributed by atoms with van der Waals surface area (Å²) >= 11 is 7.00. The highest BCUT2D eigenvalue weighted by Gasteiger charge is 2.06. The van der Waals surface area contributed by atoms with Gasteiger partial charge in [-0.25, -0.2) is 4.98 Å². The van der Waals surface area contributed by atoms with Crippen LogP contribution in [0.2, 0.25) is 0 Å². The van der Waals surface area contributed by atoms with Gasteiger partial charge in [-0.2, -0.15) is 0 Å². The van der Waals surface area contributed by atoms with E-state index in [1.165, 1.54) is 18.5 Å². The number of halogens is 1. The van der Waals surface area contributed by atoms with Gasteiger partial charge in [0.05, 0.1) is 13.7 Å². The second-order valence-electron chi connectivity index (χ2n) is 3.08. The molecule has 0 fully saturated rings. The monoisotopic (exact) mass is 302 g/mol. The number of likely N-dealkylation sites (N-methyl/N-ethyl adjacent to an activating group) is 1. The highest BCUT2D eigenvalue weighted by Crippen LogP contribution is 2.34. The Kier molecular flexibility index (Phi) is 3.91. The Balaban J connectivity index is 2.13. The predicted octanol–water partition coefficient (Wildman–Crippen LogP) is 3.40. The lowest BCUT2D eigenvalue weighted by atomic mass is 10.4. The zero-order valence-electron chi connectivity index (χ0n) is 8.29. The van der Waals surface area contributed by atoms with Gasteiger partial charge >= 0.3 is 0 Å².